The van der Waals surface area contributed by atoms with E-state index in [1.54, 1.807) is 0 Å². The Hall–Kier alpha value is -2.58. The van der Waals surface area contributed by atoms with Crippen LogP contribution in [0.3, 0.4) is 0 Å². The fraction of sp³-hybridized carbons (Fsp3) is 0.188. The molecule has 0 spiro atoms. The Bertz CT molecular complexity index is 636. The maximum atomic E-state index is 11.9. The molecule has 0 radical (unpaired) electrons. The molecule has 2 aromatic rings. The first-order chi connectivity index (χ1) is 9.79. The molecule has 3 rings (SSSR count). The molecule has 1 amide bonds. The van der Waals surface area contributed by atoms with Gasteiger partial charge in [-0.05, 0) is 28.2 Å². The summed E-state index contributed by atoms with van der Waals surface area (Å²) in [6.45, 7) is 0. The van der Waals surface area contributed by atoms with E-state index in [2.05, 4.69) is 10.0 Å². The molecule has 0 heterocycles. The van der Waals surface area contributed by atoms with Gasteiger partial charge in [0.25, 0.3) is 0 Å². The van der Waals surface area contributed by atoms with Gasteiger partial charge in [0, 0.05) is 16.2 Å². The lowest BCUT2D eigenvalue weighted by Crippen LogP contribution is -2.15. The Morgan fingerprint density at radius 1 is 1.05 bits per heavy atom. The molecule has 0 saturated heterocycles. The molecule has 1 atom stereocenters. The maximum absolute atomic E-state index is 11.9. The first-order valence-corrected chi connectivity index (χ1v) is 6.49. The highest BCUT2D eigenvalue weighted by molar-refractivity contribution is 5.86. The molecule has 1 aliphatic carbocycles. The van der Waals surface area contributed by atoms with E-state index in [1.807, 2.05) is 60.7 Å². The van der Waals surface area contributed by atoms with Crippen LogP contribution < -0.4 is 0 Å². The zero-order valence-corrected chi connectivity index (χ0v) is 10.8. The van der Waals surface area contributed by atoms with Crippen molar-refractivity contribution in [2.24, 2.45) is 11.0 Å². The number of amides is 1. The van der Waals surface area contributed by atoms with Crippen LogP contribution in [0, 0.1) is 5.92 Å². The number of carbonyl (C=O) groups is 1. The molecule has 1 fully saturated rings. The molecule has 1 saturated carbocycles. The van der Waals surface area contributed by atoms with Gasteiger partial charge < -0.3 is 0 Å². The van der Waals surface area contributed by atoms with Crippen molar-refractivity contribution in [1.29, 1.82) is 0 Å². The lowest BCUT2D eigenvalue weighted by atomic mass is 9.85. The summed E-state index contributed by atoms with van der Waals surface area (Å²) >= 11 is 0. The van der Waals surface area contributed by atoms with Crippen LogP contribution in [0.1, 0.15) is 17.5 Å². The van der Waals surface area contributed by atoms with Gasteiger partial charge in [-0.3, -0.25) is 4.79 Å². The molecular formula is C16H13N3O. The van der Waals surface area contributed by atoms with Gasteiger partial charge in [0.05, 0.1) is 0 Å². The van der Waals surface area contributed by atoms with Crippen LogP contribution in [0.2, 0.25) is 0 Å². The molecule has 4 heteroatoms. The summed E-state index contributed by atoms with van der Waals surface area (Å²) in [6.07, 6.45) is 0.693. The minimum atomic E-state index is -0.375. The average molecular weight is 263 g/mol. The smallest absolute Gasteiger partial charge is 0.223 e. The predicted molar refractivity (Wildman–Crippen MR) is 75.9 cm³/mol. The van der Waals surface area contributed by atoms with Crippen molar-refractivity contribution in [3.05, 3.63) is 82.2 Å². The SMILES string of the molecule is [N-]=[N+]=NC(=O)[C@H]1CC1(c1ccccc1)c1ccccc1. The third kappa shape index (κ3) is 1.87. The van der Waals surface area contributed by atoms with E-state index in [0.717, 1.165) is 11.1 Å². The van der Waals surface area contributed by atoms with E-state index in [4.69, 9.17) is 5.53 Å². The first-order valence-electron chi connectivity index (χ1n) is 6.49. The first kappa shape index (κ1) is 12.5. The lowest BCUT2D eigenvalue weighted by Gasteiger charge is -2.18. The largest absolute Gasteiger partial charge is 0.292 e. The Morgan fingerprint density at radius 2 is 1.55 bits per heavy atom. The number of azide groups is 1. The number of carbonyl (C=O) groups excluding carboxylic acids is 1. The van der Waals surface area contributed by atoms with Gasteiger partial charge in [-0.1, -0.05) is 60.7 Å². The molecule has 20 heavy (non-hydrogen) atoms. The number of benzene rings is 2. The fourth-order valence-corrected chi connectivity index (χ4v) is 2.95. The standard InChI is InChI=1S/C16H13N3O/c17-19-18-15(20)14-11-16(14,12-7-3-1-4-8-12)13-9-5-2-6-10-13/h1-10,14H,11H2/t14-/m1/s1. The second kappa shape index (κ2) is 4.83. The number of nitrogens with zero attached hydrogens (tertiary/aromatic N) is 3. The van der Waals surface area contributed by atoms with Crippen molar-refractivity contribution < 1.29 is 4.79 Å². The van der Waals surface area contributed by atoms with Crippen LogP contribution in [0.25, 0.3) is 10.4 Å². The highest BCUT2D eigenvalue weighted by atomic mass is 16.2. The highest BCUT2D eigenvalue weighted by Gasteiger charge is 2.59. The molecule has 0 N–H and O–H groups in total. The van der Waals surface area contributed by atoms with E-state index < -0.39 is 0 Å². The minimum Gasteiger partial charge on any atom is -0.292 e. The molecule has 2 aromatic carbocycles. The van der Waals surface area contributed by atoms with E-state index in [0.29, 0.717) is 6.42 Å². The highest BCUT2D eigenvalue weighted by Crippen LogP contribution is 2.59. The summed E-state index contributed by atoms with van der Waals surface area (Å²) in [5, 5.41) is 3.27. The van der Waals surface area contributed by atoms with Crippen molar-refractivity contribution >= 4 is 5.91 Å². The summed E-state index contributed by atoms with van der Waals surface area (Å²) < 4.78 is 0. The number of hydrogen-bond acceptors (Lipinski definition) is 1. The Kier molecular flexibility index (Phi) is 3.01. The molecule has 0 unspecified atom stereocenters. The number of rotatable bonds is 3. The fourth-order valence-electron chi connectivity index (χ4n) is 2.95. The molecule has 4 nitrogen and oxygen atoms in total. The van der Waals surface area contributed by atoms with Gasteiger partial charge in [-0.25, -0.2) is 0 Å². The second-order valence-electron chi connectivity index (χ2n) is 4.99. The Morgan fingerprint density at radius 3 is 2.00 bits per heavy atom. The topological polar surface area (TPSA) is 65.8 Å². The van der Waals surface area contributed by atoms with Crippen molar-refractivity contribution in [3.63, 3.8) is 0 Å². The summed E-state index contributed by atoms with van der Waals surface area (Å²) in [4.78, 5) is 14.6. The van der Waals surface area contributed by atoms with Gasteiger partial charge in [0.2, 0.25) is 5.91 Å². The third-order valence-corrected chi connectivity index (χ3v) is 3.98. The van der Waals surface area contributed by atoms with E-state index in [1.165, 1.54) is 0 Å². The average Bonchev–Trinajstić information content (AvgIpc) is 3.26. The van der Waals surface area contributed by atoms with Gasteiger partial charge in [0.15, 0.2) is 0 Å². The van der Waals surface area contributed by atoms with Crippen LogP contribution in [0.4, 0.5) is 0 Å². The van der Waals surface area contributed by atoms with Gasteiger partial charge in [0.1, 0.15) is 0 Å². The predicted octanol–water partition coefficient (Wildman–Crippen LogP) is 3.83. The lowest BCUT2D eigenvalue weighted by molar-refractivity contribution is -0.119. The molecular weight excluding hydrogens is 250 g/mol. The van der Waals surface area contributed by atoms with E-state index in [-0.39, 0.29) is 17.2 Å². The molecule has 98 valence electrons. The third-order valence-electron chi connectivity index (χ3n) is 3.98. The molecule has 0 aromatic heterocycles. The monoisotopic (exact) mass is 263 g/mol. The quantitative estimate of drug-likeness (QED) is 0.471. The van der Waals surface area contributed by atoms with Gasteiger partial charge in [-0.2, -0.15) is 0 Å². The summed E-state index contributed by atoms with van der Waals surface area (Å²) in [6, 6.07) is 19.9. The van der Waals surface area contributed by atoms with Crippen LogP contribution in [0.5, 0.6) is 0 Å². The number of hydrogen-bond donors (Lipinski definition) is 0. The summed E-state index contributed by atoms with van der Waals surface area (Å²) in [7, 11) is 0. The maximum Gasteiger partial charge on any atom is 0.223 e. The van der Waals surface area contributed by atoms with Crippen molar-refractivity contribution in [1.82, 2.24) is 0 Å². The van der Waals surface area contributed by atoms with Crippen LogP contribution in [0.15, 0.2) is 65.8 Å². The molecule has 0 bridgehead atoms. The molecule has 0 aliphatic heterocycles. The molecule has 1 aliphatic rings. The Labute approximate surface area is 116 Å². The normalized spacial score (nSPS) is 18.9. The summed E-state index contributed by atoms with van der Waals surface area (Å²) in [5.74, 6) is -0.636. The summed E-state index contributed by atoms with van der Waals surface area (Å²) in [5.41, 5.74) is 10.3. The van der Waals surface area contributed by atoms with Crippen LogP contribution in [-0.4, -0.2) is 5.91 Å². The van der Waals surface area contributed by atoms with E-state index in [9.17, 15) is 4.79 Å². The van der Waals surface area contributed by atoms with Crippen molar-refractivity contribution in [2.75, 3.05) is 0 Å². The zero-order valence-electron chi connectivity index (χ0n) is 10.8. The zero-order chi connectivity index (χ0) is 14.0. The van der Waals surface area contributed by atoms with Gasteiger partial charge in [-0.15, -0.1) is 0 Å². The van der Waals surface area contributed by atoms with Crippen LogP contribution in [-0.2, 0) is 10.2 Å². The second-order valence-corrected chi connectivity index (χ2v) is 4.99. The van der Waals surface area contributed by atoms with Crippen molar-refractivity contribution in [3.8, 4) is 0 Å². The van der Waals surface area contributed by atoms with Gasteiger partial charge >= 0.3 is 0 Å². The minimum absolute atomic E-state index is 0.261. The Balaban J connectivity index is 2.08. The van der Waals surface area contributed by atoms with Crippen LogP contribution >= 0.6 is 0 Å². The van der Waals surface area contributed by atoms with E-state index >= 15 is 0 Å². The van der Waals surface area contributed by atoms with Crippen molar-refractivity contribution in [2.45, 2.75) is 11.8 Å².